The molecule has 1 aromatic carbocycles. The van der Waals surface area contributed by atoms with Crippen molar-refractivity contribution in [2.75, 3.05) is 6.61 Å². The number of fused-ring (bicyclic) bond motifs is 1. The normalized spacial score (nSPS) is 21.0. The molecule has 3 rings (SSSR count). The molecular formula is C15H21NO. The SMILES string of the molecule is OCC(NC1CC1)c1ccc2c(c1)CCCC2. The zero-order valence-corrected chi connectivity index (χ0v) is 10.3. The third-order valence-electron chi connectivity index (χ3n) is 3.97. The van der Waals surface area contributed by atoms with E-state index < -0.39 is 0 Å². The second kappa shape index (κ2) is 4.79. The van der Waals surface area contributed by atoms with Crippen LogP contribution >= 0.6 is 0 Å². The number of hydrogen-bond acceptors (Lipinski definition) is 2. The van der Waals surface area contributed by atoms with Crippen LogP contribution in [0.15, 0.2) is 18.2 Å². The minimum atomic E-state index is 0.134. The number of rotatable bonds is 4. The van der Waals surface area contributed by atoms with Gasteiger partial charge in [-0.1, -0.05) is 18.2 Å². The van der Waals surface area contributed by atoms with Gasteiger partial charge in [0.1, 0.15) is 0 Å². The van der Waals surface area contributed by atoms with Gasteiger partial charge in [-0.05, 0) is 55.2 Å². The third kappa shape index (κ3) is 2.53. The molecule has 2 aliphatic carbocycles. The van der Waals surface area contributed by atoms with E-state index in [1.54, 1.807) is 0 Å². The molecule has 0 radical (unpaired) electrons. The summed E-state index contributed by atoms with van der Waals surface area (Å²) in [4.78, 5) is 0. The van der Waals surface area contributed by atoms with Crippen LogP contribution in [0.5, 0.6) is 0 Å². The van der Waals surface area contributed by atoms with E-state index in [0.29, 0.717) is 6.04 Å². The Morgan fingerprint density at radius 3 is 2.65 bits per heavy atom. The largest absolute Gasteiger partial charge is 0.394 e. The van der Waals surface area contributed by atoms with Gasteiger partial charge in [-0.2, -0.15) is 0 Å². The Labute approximate surface area is 103 Å². The van der Waals surface area contributed by atoms with Crippen LogP contribution in [0.2, 0.25) is 0 Å². The summed E-state index contributed by atoms with van der Waals surface area (Å²) in [6, 6.07) is 7.55. The van der Waals surface area contributed by atoms with E-state index in [-0.39, 0.29) is 12.6 Å². The number of aliphatic hydroxyl groups is 1. The van der Waals surface area contributed by atoms with Gasteiger partial charge in [-0.15, -0.1) is 0 Å². The van der Waals surface area contributed by atoms with Crippen molar-refractivity contribution in [2.45, 2.75) is 50.6 Å². The fraction of sp³-hybridized carbons (Fsp3) is 0.600. The highest BCUT2D eigenvalue weighted by Crippen LogP contribution is 2.27. The van der Waals surface area contributed by atoms with Crippen LogP contribution in [0.25, 0.3) is 0 Å². The fourth-order valence-electron chi connectivity index (χ4n) is 2.76. The molecule has 0 aliphatic heterocycles. The van der Waals surface area contributed by atoms with E-state index in [0.717, 1.165) is 0 Å². The van der Waals surface area contributed by atoms with Crippen LogP contribution in [-0.2, 0) is 12.8 Å². The number of nitrogens with one attached hydrogen (secondary N) is 1. The van der Waals surface area contributed by atoms with Gasteiger partial charge in [0.05, 0.1) is 12.6 Å². The molecule has 92 valence electrons. The van der Waals surface area contributed by atoms with E-state index in [9.17, 15) is 5.11 Å². The molecule has 1 fully saturated rings. The highest BCUT2D eigenvalue weighted by molar-refractivity contribution is 5.35. The Kier molecular flexibility index (Phi) is 3.17. The molecule has 2 aliphatic rings. The topological polar surface area (TPSA) is 32.3 Å². The highest BCUT2D eigenvalue weighted by Gasteiger charge is 2.25. The summed E-state index contributed by atoms with van der Waals surface area (Å²) in [5, 5.41) is 13.0. The summed E-state index contributed by atoms with van der Waals surface area (Å²) >= 11 is 0. The first-order valence-electron chi connectivity index (χ1n) is 6.85. The van der Waals surface area contributed by atoms with Gasteiger partial charge in [0.25, 0.3) is 0 Å². The molecule has 0 spiro atoms. The van der Waals surface area contributed by atoms with Gasteiger partial charge in [0.2, 0.25) is 0 Å². The maximum absolute atomic E-state index is 9.50. The molecule has 1 aromatic rings. The predicted octanol–water partition coefficient (Wildman–Crippen LogP) is 2.35. The molecule has 0 saturated heterocycles. The lowest BCUT2D eigenvalue weighted by Crippen LogP contribution is -2.26. The van der Waals surface area contributed by atoms with Gasteiger partial charge in [-0.3, -0.25) is 0 Å². The zero-order chi connectivity index (χ0) is 11.7. The Balaban J connectivity index is 1.80. The lowest BCUT2D eigenvalue weighted by molar-refractivity contribution is 0.243. The monoisotopic (exact) mass is 231 g/mol. The van der Waals surface area contributed by atoms with Crippen molar-refractivity contribution in [3.8, 4) is 0 Å². The van der Waals surface area contributed by atoms with Gasteiger partial charge in [0.15, 0.2) is 0 Å². The van der Waals surface area contributed by atoms with Crippen molar-refractivity contribution in [1.82, 2.24) is 5.32 Å². The molecule has 2 N–H and O–H groups in total. The van der Waals surface area contributed by atoms with Crippen LogP contribution in [0.1, 0.15) is 48.4 Å². The molecule has 1 atom stereocenters. The molecule has 2 heteroatoms. The maximum atomic E-state index is 9.50. The first-order chi connectivity index (χ1) is 8.36. The minimum Gasteiger partial charge on any atom is -0.394 e. The van der Waals surface area contributed by atoms with Crippen molar-refractivity contribution in [3.63, 3.8) is 0 Å². The molecule has 0 aromatic heterocycles. The second-order valence-corrected chi connectivity index (χ2v) is 5.41. The van der Waals surface area contributed by atoms with Crippen molar-refractivity contribution in [2.24, 2.45) is 0 Å². The van der Waals surface area contributed by atoms with Crippen LogP contribution in [-0.4, -0.2) is 17.8 Å². The number of aliphatic hydroxyl groups excluding tert-OH is 1. The molecule has 1 saturated carbocycles. The smallest absolute Gasteiger partial charge is 0.0626 e. The first-order valence-corrected chi connectivity index (χ1v) is 6.85. The Bertz CT molecular complexity index is 398. The standard InChI is InChI=1S/C15H21NO/c17-10-15(16-14-7-8-14)13-6-5-11-3-1-2-4-12(11)9-13/h5-6,9,14-17H,1-4,7-8,10H2. The molecular weight excluding hydrogens is 210 g/mol. The summed E-state index contributed by atoms with van der Waals surface area (Å²) in [6.07, 6.45) is 7.62. The van der Waals surface area contributed by atoms with Gasteiger partial charge in [-0.25, -0.2) is 0 Å². The van der Waals surface area contributed by atoms with Crippen LogP contribution in [0, 0.1) is 0 Å². The average Bonchev–Trinajstić information content (AvgIpc) is 3.19. The van der Waals surface area contributed by atoms with E-state index in [2.05, 4.69) is 23.5 Å². The van der Waals surface area contributed by atoms with Crippen molar-refractivity contribution >= 4 is 0 Å². The molecule has 17 heavy (non-hydrogen) atoms. The Morgan fingerprint density at radius 1 is 1.18 bits per heavy atom. The fourth-order valence-corrected chi connectivity index (χ4v) is 2.76. The molecule has 0 amide bonds. The second-order valence-electron chi connectivity index (χ2n) is 5.41. The lowest BCUT2D eigenvalue weighted by Gasteiger charge is -2.21. The van der Waals surface area contributed by atoms with E-state index in [4.69, 9.17) is 0 Å². The number of aryl methyl sites for hydroxylation is 2. The highest BCUT2D eigenvalue weighted by atomic mass is 16.3. The number of hydrogen-bond donors (Lipinski definition) is 2. The van der Waals surface area contributed by atoms with Crippen LogP contribution < -0.4 is 5.32 Å². The van der Waals surface area contributed by atoms with Crippen LogP contribution in [0.3, 0.4) is 0 Å². The quantitative estimate of drug-likeness (QED) is 0.833. The Hall–Kier alpha value is -0.860. The molecule has 2 nitrogen and oxygen atoms in total. The summed E-state index contributed by atoms with van der Waals surface area (Å²) in [5.74, 6) is 0. The average molecular weight is 231 g/mol. The summed E-state index contributed by atoms with van der Waals surface area (Å²) in [7, 11) is 0. The maximum Gasteiger partial charge on any atom is 0.0626 e. The minimum absolute atomic E-state index is 0.134. The lowest BCUT2D eigenvalue weighted by atomic mass is 9.89. The van der Waals surface area contributed by atoms with E-state index in [1.165, 1.54) is 55.2 Å². The first kappa shape index (κ1) is 11.2. The predicted molar refractivity (Wildman–Crippen MR) is 69.1 cm³/mol. The molecule has 0 heterocycles. The van der Waals surface area contributed by atoms with E-state index in [1.807, 2.05) is 0 Å². The van der Waals surface area contributed by atoms with Crippen molar-refractivity contribution in [3.05, 3.63) is 34.9 Å². The zero-order valence-electron chi connectivity index (χ0n) is 10.3. The molecule has 0 bridgehead atoms. The number of benzene rings is 1. The van der Waals surface area contributed by atoms with Gasteiger partial charge in [0, 0.05) is 6.04 Å². The van der Waals surface area contributed by atoms with Crippen molar-refractivity contribution in [1.29, 1.82) is 0 Å². The van der Waals surface area contributed by atoms with Gasteiger partial charge >= 0.3 is 0 Å². The summed E-state index contributed by atoms with van der Waals surface area (Å²) < 4.78 is 0. The van der Waals surface area contributed by atoms with Crippen molar-refractivity contribution < 1.29 is 5.11 Å². The Morgan fingerprint density at radius 2 is 1.94 bits per heavy atom. The summed E-state index contributed by atoms with van der Waals surface area (Å²) in [6.45, 7) is 0.204. The van der Waals surface area contributed by atoms with Gasteiger partial charge < -0.3 is 10.4 Å². The van der Waals surface area contributed by atoms with Crippen LogP contribution in [0.4, 0.5) is 0 Å². The summed E-state index contributed by atoms with van der Waals surface area (Å²) in [5.41, 5.74) is 4.29. The molecule has 1 unspecified atom stereocenters. The van der Waals surface area contributed by atoms with E-state index >= 15 is 0 Å². The third-order valence-corrected chi connectivity index (χ3v) is 3.97.